The van der Waals surface area contributed by atoms with Gasteiger partial charge in [-0.25, -0.2) is 4.79 Å². The number of aromatic nitrogens is 1. The quantitative estimate of drug-likeness (QED) is 0.324. The van der Waals surface area contributed by atoms with E-state index in [1.165, 1.54) is 12.4 Å². The minimum absolute atomic E-state index is 0.0203. The summed E-state index contributed by atoms with van der Waals surface area (Å²) in [5, 5.41) is 2.27. The summed E-state index contributed by atoms with van der Waals surface area (Å²) in [5.41, 5.74) is 1.46. The molecule has 0 aliphatic heterocycles. The van der Waals surface area contributed by atoms with Gasteiger partial charge in [0.25, 0.3) is 5.91 Å². The Morgan fingerprint density at radius 1 is 1.11 bits per heavy atom. The van der Waals surface area contributed by atoms with Crippen LogP contribution in [0.1, 0.15) is 61.4 Å². The second kappa shape index (κ2) is 11.9. The number of ketones is 1. The molecule has 1 spiro atoms. The fraction of sp³-hybridized carbons (Fsp3) is 0.444. The number of benzene rings is 1. The highest BCUT2D eigenvalue weighted by molar-refractivity contribution is 6.54. The van der Waals surface area contributed by atoms with Gasteiger partial charge in [-0.05, 0) is 37.5 Å². The lowest BCUT2D eigenvalue weighted by Gasteiger charge is -2.45. The first-order valence-electron chi connectivity index (χ1n) is 12.4. The molecule has 7 nitrogen and oxygen atoms in total. The molecule has 2 atom stereocenters. The molecule has 0 bridgehead atoms. The third-order valence-corrected chi connectivity index (χ3v) is 7.94. The van der Waals surface area contributed by atoms with Gasteiger partial charge in [-0.2, -0.15) is 0 Å². The number of carbonyl (C=O) groups excluding carboxylic acids is 3. The maximum atomic E-state index is 12.8. The van der Waals surface area contributed by atoms with Gasteiger partial charge < -0.3 is 10.1 Å². The summed E-state index contributed by atoms with van der Waals surface area (Å²) in [6.45, 7) is 1.96. The van der Waals surface area contributed by atoms with Crippen molar-refractivity contribution in [2.24, 2.45) is 10.4 Å². The van der Waals surface area contributed by atoms with Gasteiger partial charge in [0.05, 0.1) is 33.3 Å². The lowest BCUT2D eigenvalue weighted by molar-refractivity contribution is -0.144. The molecule has 1 N–H and O–H groups in total. The van der Waals surface area contributed by atoms with Gasteiger partial charge in [-0.1, -0.05) is 61.0 Å². The van der Waals surface area contributed by atoms with E-state index in [0.717, 1.165) is 44.1 Å². The Morgan fingerprint density at radius 2 is 1.73 bits per heavy atom. The first kappa shape index (κ1) is 27.6. The maximum absolute atomic E-state index is 12.8. The van der Waals surface area contributed by atoms with Crippen molar-refractivity contribution in [1.82, 2.24) is 4.98 Å². The molecule has 196 valence electrons. The Balaban J connectivity index is 1.52. The van der Waals surface area contributed by atoms with Crippen LogP contribution in [0.4, 0.5) is 5.69 Å². The van der Waals surface area contributed by atoms with Crippen LogP contribution in [0.25, 0.3) is 0 Å². The number of nitrogens with zero attached hydrogens (tertiary/aromatic N) is 2. The topological polar surface area (TPSA) is 97.7 Å². The van der Waals surface area contributed by atoms with E-state index in [-0.39, 0.29) is 34.4 Å². The molecular weight excluding hydrogens is 537 g/mol. The number of ether oxygens (including phenoxy) is 1. The van der Waals surface area contributed by atoms with E-state index in [4.69, 9.17) is 44.5 Å². The van der Waals surface area contributed by atoms with E-state index in [0.29, 0.717) is 11.4 Å². The number of alkyl halides is 1. The molecule has 2 saturated carbocycles. The van der Waals surface area contributed by atoms with Crippen molar-refractivity contribution < 1.29 is 19.1 Å². The molecule has 1 aromatic heterocycles. The fourth-order valence-corrected chi connectivity index (χ4v) is 6.05. The zero-order valence-electron chi connectivity index (χ0n) is 20.4. The van der Waals surface area contributed by atoms with E-state index in [2.05, 4.69) is 10.3 Å². The number of hydrogen-bond acceptors (Lipinski definition) is 6. The molecule has 4 rings (SSSR count). The van der Waals surface area contributed by atoms with E-state index < -0.39 is 28.7 Å². The Morgan fingerprint density at radius 3 is 2.32 bits per heavy atom. The number of Topliss-reactive ketones (excluding diaryl/α,β-unsaturated/α-hetero) is 1. The van der Waals surface area contributed by atoms with Gasteiger partial charge in [0.1, 0.15) is 5.38 Å². The van der Waals surface area contributed by atoms with Gasteiger partial charge in [0.2, 0.25) is 0 Å². The number of amides is 1. The van der Waals surface area contributed by atoms with E-state index in [9.17, 15) is 14.4 Å². The van der Waals surface area contributed by atoms with Crippen molar-refractivity contribution in [3.63, 3.8) is 0 Å². The monoisotopic (exact) mass is 563 g/mol. The SMILES string of the molecule is CCOC(=O)[C@H](Cc1ccc(NC(=O)c2c(Cl)cncc2Cl)cc1)N=C1C(Cl)C(=O)C12CCCCCC2. The lowest BCUT2D eigenvalue weighted by atomic mass is 9.60. The average molecular weight is 565 g/mol. The molecule has 1 amide bonds. The largest absolute Gasteiger partial charge is 0.464 e. The number of esters is 1. The third-order valence-electron chi connectivity index (χ3n) is 6.96. The summed E-state index contributed by atoms with van der Waals surface area (Å²) < 4.78 is 5.29. The molecule has 1 heterocycles. The van der Waals surface area contributed by atoms with E-state index >= 15 is 0 Å². The highest BCUT2D eigenvalue weighted by Gasteiger charge is 2.58. The summed E-state index contributed by atoms with van der Waals surface area (Å²) in [6, 6.07) is 6.21. The minimum atomic E-state index is -0.820. The van der Waals surface area contributed by atoms with E-state index in [1.54, 1.807) is 31.2 Å². The summed E-state index contributed by atoms with van der Waals surface area (Å²) in [5.74, 6) is -0.897. The number of rotatable bonds is 7. The van der Waals surface area contributed by atoms with Gasteiger partial charge in [0, 0.05) is 24.5 Å². The fourth-order valence-electron chi connectivity index (χ4n) is 5.04. The van der Waals surface area contributed by atoms with Crippen LogP contribution in [0.3, 0.4) is 0 Å². The molecule has 0 saturated heterocycles. The zero-order valence-corrected chi connectivity index (χ0v) is 22.7. The standard InChI is InChI=1S/C27H28Cl3N3O4/c1-2-37-26(36)20(33-23-22(30)24(34)27(23)11-5-3-4-6-12-27)13-16-7-9-17(10-8-16)32-25(35)21-18(28)14-31-15-19(21)29/h7-10,14-15,20,22H,2-6,11-13H2,1H3,(H,32,35)/t20-,22?/m0/s1. The second-order valence-corrected chi connectivity index (χ2v) is 10.6. The second-order valence-electron chi connectivity index (χ2n) is 9.34. The predicted octanol–water partition coefficient (Wildman–Crippen LogP) is 6.09. The normalized spacial score (nSPS) is 20.7. The highest BCUT2D eigenvalue weighted by atomic mass is 35.5. The van der Waals surface area contributed by atoms with Crippen LogP contribution in [-0.4, -0.2) is 46.4 Å². The van der Waals surface area contributed by atoms with Crippen LogP contribution >= 0.6 is 34.8 Å². The first-order valence-corrected chi connectivity index (χ1v) is 13.6. The number of pyridine rings is 1. The van der Waals surface area contributed by atoms with E-state index in [1.807, 2.05) is 0 Å². The molecule has 1 unspecified atom stereocenters. The van der Waals surface area contributed by atoms with Crippen molar-refractivity contribution >= 4 is 63.9 Å². The number of hydrogen-bond donors (Lipinski definition) is 1. The highest BCUT2D eigenvalue weighted by Crippen LogP contribution is 2.48. The van der Waals surface area contributed by atoms with Crippen molar-refractivity contribution in [3.8, 4) is 0 Å². The van der Waals surface area contributed by atoms with Crippen LogP contribution in [0.5, 0.6) is 0 Å². The zero-order chi connectivity index (χ0) is 26.6. The molecule has 2 aliphatic carbocycles. The molecule has 10 heteroatoms. The molecule has 1 aromatic carbocycles. The predicted molar refractivity (Wildman–Crippen MR) is 145 cm³/mol. The van der Waals surface area contributed by atoms with Gasteiger partial charge in [-0.3, -0.25) is 19.6 Å². The molecule has 2 aromatic rings. The average Bonchev–Trinajstić information content (AvgIpc) is 3.15. The van der Waals surface area contributed by atoms with Crippen LogP contribution in [-0.2, 0) is 20.7 Å². The number of anilines is 1. The molecule has 0 radical (unpaired) electrons. The first-order chi connectivity index (χ1) is 17.8. The van der Waals surface area contributed by atoms with Gasteiger partial charge in [-0.15, -0.1) is 11.6 Å². The lowest BCUT2D eigenvalue weighted by Crippen LogP contribution is -2.60. The van der Waals surface area contributed by atoms with Crippen LogP contribution < -0.4 is 5.32 Å². The van der Waals surface area contributed by atoms with Crippen molar-refractivity contribution in [3.05, 3.63) is 57.8 Å². The molecular formula is C27H28Cl3N3O4. The molecule has 2 aliphatic rings. The smallest absolute Gasteiger partial charge is 0.331 e. The Kier molecular flexibility index (Phi) is 8.88. The maximum Gasteiger partial charge on any atom is 0.331 e. The third kappa shape index (κ3) is 5.84. The Labute approximate surface area is 230 Å². The van der Waals surface area contributed by atoms with Crippen LogP contribution in [0.2, 0.25) is 10.0 Å². The minimum Gasteiger partial charge on any atom is -0.464 e. The van der Waals surface area contributed by atoms with Crippen LogP contribution in [0, 0.1) is 5.41 Å². The number of halogens is 3. The summed E-state index contributed by atoms with van der Waals surface area (Å²) >= 11 is 18.6. The number of nitrogens with one attached hydrogen (secondary N) is 1. The number of aliphatic imine (C=N–C) groups is 1. The van der Waals surface area contributed by atoms with Gasteiger partial charge in [0.15, 0.2) is 11.8 Å². The summed E-state index contributed by atoms with van der Waals surface area (Å²) in [6.07, 6.45) is 8.48. The van der Waals surface area contributed by atoms with Crippen molar-refractivity contribution in [1.29, 1.82) is 0 Å². The van der Waals surface area contributed by atoms with Crippen molar-refractivity contribution in [2.75, 3.05) is 11.9 Å². The molecule has 37 heavy (non-hydrogen) atoms. The number of carbonyl (C=O) groups is 3. The van der Waals surface area contributed by atoms with Crippen molar-refractivity contribution in [2.45, 2.75) is 63.3 Å². The molecule has 2 fully saturated rings. The van der Waals surface area contributed by atoms with Crippen LogP contribution in [0.15, 0.2) is 41.7 Å². The Hall–Kier alpha value is -2.48. The van der Waals surface area contributed by atoms with Gasteiger partial charge >= 0.3 is 5.97 Å². The Bertz CT molecular complexity index is 1190. The summed E-state index contributed by atoms with van der Waals surface area (Å²) in [7, 11) is 0. The summed E-state index contributed by atoms with van der Waals surface area (Å²) in [4.78, 5) is 46.9.